The van der Waals surface area contributed by atoms with Gasteiger partial charge in [-0.2, -0.15) is 0 Å². The van der Waals surface area contributed by atoms with E-state index in [0.717, 1.165) is 23.0 Å². The van der Waals surface area contributed by atoms with E-state index < -0.39 is 0 Å². The van der Waals surface area contributed by atoms with E-state index in [9.17, 15) is 4.39 Å². The van der Waals surface area contributed by atoms with Gasteiger partial charge >= 0.3 is 0 Å². The second-order valence-corrected chi connectivity index (χ2v) is 5.64. The zero-order valence-corrected chi connectivity index (χ0v) is 12.6. The molecular weight excluding hydrogens is 305 g/mol. The van der Waals surface area contributed by atoms with Crippen LogP contribution in [0.3, 0.4) is 0 Å². The summed E-state index contributed by atoms with van der Waals surface area (Å²) < 4.78 is 14.5. The van der Waals surface area contributed by atoms with Crippen LogP contribution in [0.4, 0.5) is 4.39 Å². The molecule has 0 aliphatic rings. The lowest BCUT2D eigenvalue weighted by atomic mass is 10.1. The van der Waals surface area contributed by atoms with Crippen LogP contribution in [-0.2, 0) is 6.54 Å². The molecule has 0 aliphatic heterocycles. The Morgan fingerprint density at radius 1 is 1.41 bits per heavy atom. The molecule has 0 aromatic heterocycles. The molecule has 0 radical (unpaired) electrons. The molecule has 0 aliphatic carbocycles. The molecule has 96 valence electrons. The normalized spacial score (nSPS) is 11.5. The van der Waals surface area contributed by atoms with Gasteiger partial charge in [-0.15, -0.1) is 11.6 Å². The predicted molar refractivity (Wildman–Crippen MR) is 75.0 cm³/mol. The Morgan fingerprint density at radius 3 is 2.65 bits per heavy atom. The molecule has 0 unspecified atom stereocenters. The van der Waals surface area contributed by atoms with Crippen molar-refractivity contribution in [3.05, 3.63) is 34.1 Å². The molecule has 0 saturated heterocycles. The standard InChI is InChI=1S/C13H18BrClFN/c1-10(2)17(7-3-6-15)9-11-4-5-12(14)8-13(11)16/h4-5,8,10H,3,6-7,9H2,1-2H3. The van der Waals surface area contributed by atoms with Crippen molar-refractivity contribution in [2.24, 2.45) is 0 Å². The average Bonchev–Trinajstić information content (AvgIpc) is 2.26. The molecule has 0 fully saturated rings. The summed E-state index contributed by atoms with van der Waals surface area (Å²) >= 11 is 8.96. The predicted octanol–water partition coefficient (Wildman–Crippen LogP) is 4.43. The van der Waals surface area contributed by atoms with Gasteiger partial charge in [-0.05, 0) is 38.9 Å². The van der Waals surface area contributed by atoms with Crippen LogP contribution in [0.15, 0.2) is 22.7 Å². The van der Waals surface area contributed by atoms with Gasteiger partial charge in [0, 0.05) is 28.5 Å². The first kappa shape index (κ1) is 14.9. The topological polar surface area (TPSA) is 3.24 Å². The Bertz CT molecular complexity index is 357. The molecule has 0 bridgehead atoms. The number of halogens is 3. The Kier molecular flexibility index (Phi) is 6.45. The molecule has 0 atom stereocenters. The Morgan fingerprint density at radius 2 is 2.12 bits per heavy atom. The molecule has 4 heteroatoms. The number of nitrogens with zero attached hydrogens (tertiary/aromatic N) is 1. The summed E-state index contributed by atoms with van der Waals surface area (Å²) in [7, 11) is 0. The van der Waals surface area contributed by atoms with Crippen LogP contribution < -0.4 is 0 Å². The Balaban J connectivity index is 2.71. The molecule has 17 heavy (non-hydrogen) atoms. The van der Waals surface area contributed by atoms with Crippen molar-refractivity contribution in [3.63, 3.8) is 0 Å². The second-order valence-electron chi connectivity index (χ2n) is 4.34. The van der Waals surface area contributed by atoms with Gasteiger partial charge in [-0.25, -0.2) is 4.39 Å². The van der Waals surface area contributed by atoms with Gasteiger partial charge in [-0.3, -0.25) is 4.90 Å². The summed E-state index contributed by atoms with van der Waals surface area (Å²) in [5.74, 6) is 0.488. The summed E-state index contributed by atoms with van der Waals surface area (Å²) in [6, 6.07) is 5.60. The van der Waals surface area contributed by atoms with Crippen LogP contribution in [0.2, 0.25) is 0 Å². The monoisotopic (exact) mass is 321 g/mol. The number of hydrogen-bond donors (Lipinski definition) is 0. The highest BCUT2D eigenvalue weighted by Crippen LogP contribution is 2.18. The minimum Gasteiger partial charge on any atom is -0.297 e. The lowest BCUT2D eigenvalue weighted by Crippen LogP contribution is -2.31. The quantitative estimate of drug-likeness (QED) is 0.700. The van der Waals surface area contributed by atoms with Crippen LogP contribution >= 0.6 is 27.5 Å². The largest absolute Gasteiger partial charge is 0.297 e. The first-order valence-corrected chi connectivity index (χ1v) is 7.11. The van der Waals surface area contributed by atoms with Gasteiger partial charge in [0.1, 0.15) is 5.82 Å². The van der Waals surface area contributed by atoms with Gasteiger partial charge in [0.2, 0.25) is 0 Å². The summed E-state index contributed by atoms with van der Waals surface area (Å²) in [6.07, 6.45) is 0.928. The van der Waals surface area contributed by atoms with Crippen LogP contribution in [0, 0.1) is 5.82 Å². The second kappa shape index (κ2) is 7.34. The van der Waals surface area contributed by atoms with Crippen molar-refractivity contribution in [1.29, 1.82) is 0 Å². The SMILES string of the molecule is CC(C)N(CCCCl)Cc1ccc(Br)cc1F. The number of hydrogen-bond acceptors (Lipinski definition) is 1. The van der Waals surface area contributed by atoms with Gasteiger partial charge in [0.05, 0.1) is 0 Å². The van der Waals surface area contributed by atoms with E-state index in [2.05, 4.69) is 34.7 Å². The maximum atomic E-state index is 13.7. The maximum absolute atomic E-state index is 13.7. The van der Waals surface area contributed by atoms with Crippen molar-refractivity contribution in [2.45, 2.75) is 32.9 Å². The molecule has 0 heterocycles. The molecule has 1 nitrogen and oxygen atoms in total. The van der Waals surface area contributed by atoms with Crippen molar-refractivity contribution >= 4 is 27.5 Å². The minimum absolute atomic E-state index is 0.157. The van der Waals surface area contributed by atoms with Crippen LogP contribution in [0.5, 0.6) is 0 Å². The third-order valence-corrected chi connectivity index (χ3v) is 3.46. The molecular formula is C13H18BrClFN. The van der Waals surface area contributed by atoms with Gasteiger partial charge in [0.15, 0.2) is 0 Å². The average molecular weight is 323 g/mol. The summed E-state index contributed by atoms with van der Waals surface area (Å²) in [5, 5.41) is 0. The van der Waals surface area contributed by atoms with Gasteiger partial charge in [0.25, 0.3) is 0 Å². The number of alkyl halides is 1. The van der Waals surface area contributed by atoms with E-state index in [4.69, 9.17) is 11.6 Å². The lowest BCUT2D eigenvalue weighted by Gasteiger charge is -2.26. The summed E-state index contributed by atoms with van der Waals surface area (Å²) in [4.78, 5) is 2.23. The molecule has 0 N–H and O–H groups in total. The molecule has 1 rings (SSSR count). The van der Waals surface area contributed by atoms with Crippen molar-refractivity contribution in [1.82, 2.24) is 4.90 Å². The van der Waals surface area contributed by atoms with Crippen molar-refractivity contribution in [3.8, 4) is 0 Å². The van der Waals surface area contributed by atoms with Gasteiger partial charge < -0.3 is 0 Å². The summed E-state index contributed by atoms with van der Waals surface area (Å²) in [5.41, 5.74) is 0.733. The smallest absolute Gasteiger partial charge is 0.128 e. The molecule has 1 aromatic carbocycles. The van der Waals surface area contributed by atoms with Crippen molar-refractivity contribution < 1.29 is 4.39 Å². The minimum atomic E-state index is -0.157. The van der Waals surface area contributed by atoms with E-state index >= 15 is 0 Å². The van der Waals surface area contributed by atoms with Crippen molar-refractivity contribution in [2.75, 3.05) is 12.4 Å². The highest BCUT2D eigenvalue weighted by Gasteiger charge is 2.12. The maximum Gasteiger partial charge on any atom is 0.128 e. The van der Waals surface area contributed by atoms with E-state index in [1.165, 1.54) is 6.07 Å². The third-order valence-electron chi connectivity index (χ3n) is 2.70. The zero-order valence-electron chi connectivity index (χ0n) is 10.2. The fourth-order valence-corrected chi connectivity index (χ4v) is 2.10. The lowest BCUT2D eigenvalue weighted by molar-refractivity contribution is 0.211. The first-order chi connectivity index (χ1) is 8.04. The van der Waals surface area contributed by atoms with E-state index in [1.807, 2.05) is 12.1 Å². The highest BCUT2D eigenvalue weighted by molar-refractivity contribution is 9.10. The first-order valence-electron chi connectivity index (χ1n) is 5.78. The molecule has 1 aromatic rings. The molecule has 0 amide bonds. The Labute approximate surface area is 116 Å². The van der Waals surface area contributed by atoms with E-state index in [1.54, 1.807) is 0 Å². The van der Waals surface area contributed by atoms with Crippen LogP contribution in [0.1, 0.15) is 25.8 Å². The third kappa shape index (κ3) is 4.94. The van der Waals surface area contributed by atoms with Crippen LogP contribution in [-0.4, -0.2) is 23.4 Å². The number of rotatable bonds is 6. The Hall–Kier alpha value is -0.120. The fraction of sp³-hybridized carbons (Fsp3) is 0.538. The van der Waals surface area contributed by atoms with E-state index in [-0.39, 0.29) is 5.82 Å². The number of benzene rings is 1. The fourth-order valence-electron chi connectivity index (χ4n) is 1.65. The molecule has 0 spiro atoms. The van der Waals surface area contributed by atoms with Gasteiger partial charge in [-0.1, -0.05) is 22.0 Å². The zero-order chi connectivity index (χ0) is 12.8. The molecule has 0 saturated carbocycles. The summed E-state index contributed by atoms with van der Waals surface area (Å²) in [6.45, 7) is 5.76. The van der Waals surface area contributed by atoms with E-state index in [0.29, 0.717) is 18.5 Å². The van der Waals surface area contributed by atoms with Crippen LogP contribution in [0.25, 0.3) is 0 Å². The highest BCUT2D eigenvalue weighted by atomic mass is 79.9.